The van der Waals surface area contributed by atoms with Crippen LogP contribution in [-0.4, -0.2) is 61.0 Å². The molecule has 1 atom stereocenters. The van der Waals surface area contributed by atoms with E-state index < -0.39 is 0 Å². The first-order valence-electron chi connectivity index (χ1n) is 11.5. The Morgan fingerprint density at radius 3 is 2.72 bits per heavy atom. The highest BCUT2D eigenvalue weighted by atomic mass is 16.2. The van der Waals surface area contributed by atoms with Gasteiger partial charge in [0.25, 0.3) is 5.91 Å². The highest BCUT2D eigenvalue weighted by molar-refractivity contribution is 5.93. The SMILES string of the molecule is CC(C)C1CCCN1C(=O)c1cc(N2CCC(n3c(=O)[nH]c4ncccc43)CC2)ncn1. The summed E-state index contributed by atoms with van der Waals surface area (Å²) in [5, 5.41) is 0. The van der Waals surface area contributed by atoms with Gasteiger partial charge < -0.3 is 9.80 Å². The number of amides is 1. The molecule has 0 saturated carbocycles. The number of aromatic nitrogens is 5. The van der Waals surface area contributed by atoms with Gasteiger partial charge in [0, 0.05) is 44.0 Å². The molecule has 3 aromatic heterocycles. The molecule has 2 fully saturated rings. The maximum Gasteiger partial charge on any atom is 0.327 e. The standard InChI is InChI=1S/C23H29N7O2/c1-15(2)18-6-4-10-29(18)22(31)17-13-20(26-14-25-17)28-11-7-16(8-12-28)30-19-5-3-9-24-21(19)27-23(30)32/h3,5,9,13-16,18H,4,6-8,10-12H2,1-2H3,(H,24,27,32). The van der Waals surface area contributed by atoms with Crippen molar-refractivity contribution in [1.29, 1.82) is 0 Å². The van der Waals surface area contributed by atoms with Crippen LogP contribution in [0, 0.1) is 5.92 Å². The molecule has 1 amide bonds. The number of nitrogens with zero attached hydrogens (tertiary/aromatic N) is 6. The molecule has 5 rings (SSSR count). The smallest absolute Gasteiger partial charge is 0.327 e. The number of fused-ring (bicyclic) bond motifs is 1. The predicted octanol–water partition coefficient (Wildman–Crippen LogP) is 2.62. The van der Waals surface area contributed by atoms with Crippen LogP contribution in [0.25, 0.3) is 11.2 Å². The van der Waals surface area contributed by atoms with E-state index in [4.69, 9.17) is 0 Å². The van der Waals surface area contributed by atoms with Crippen molar-refractivity contribution in [2.75, 3.05) is 24.5 Å². The molecule has 2 aliphatic heterocycles. The third kappa shape index (κ3) is 3.65. The van der Waals surface area contributed by atoms with Gasteiger partial charge in [-0.1, -0.05) is 13.8 Å². The zero-order valence-corrected chi connectivity index (χ0v) is 18.6. The van der Waals surface area contributed by atoms with E-state index in [9.17, 15) is 9.59 Å². The van der Waals surface area contributed by atoms with Crippen LogP contribution in [-0.2, 0) is 0 Å². The van der Waals surface area contributed by atoms with Crippen LogP contribution in [0.3, 0.4) is 0 Å². The van der Waals surface area contributed by atoms with Gasteiger partial charge in [-0.15, -0.1) is 0 Å². The zero-order chi connectivity index (χ0) is 22.2. The van der Waals surface area contributed by atoms with Gasteiger partial charge in [0.2, 0.25) is 0 Å². The second-order valence-electron chi connectivity index (χ2n) is 9.10. The molecule has 0 radical (unpaired) electrons. The van der Waals surface area contributed by atoms with Crippen molar-refractivity contribution in [3.8, 4) is 0 Å². The van der Waals surface area contributed by atoms with E-state index in [2.05, 4.69) is 38.7 Å². The molecule has 3 aromatic rings. The number of piperidine rings is 1. The molecular weight excluding hydrogens is 406 g/mol. The lowest BCUT2D eigenvalue weighted by atomic mass is 10.0. The number of imidazole rings is 1. The fraction of sp³-hybridized carbons (Fsp3) is 0.522. The molecule has 0 spiro atoms. The molecular formula is C23H29N7O2. The van der Waals surface area contributed by atoms with Crippen LogP contribution in [0.2, 0.25) is 0 Å². The molecule has 0 aliphatic carbocycles. The second-order valence-corrected chi connectivity index (χ2v) is 9.10. The largest absolute Gasteiger partial charge is 0.356 e. The fourth-order valence-corrected chi connectivity index (χ4v) is 5.20. The molecule has 5 heterocycles. The Hall–Kier alpha value is -3.23. The topological polar surface area (TPSA) is 100 Å². The Kier molecular flexibility index (Phi) is 5.40. The summed E-state index contributed by atoms with van der Waals surface area (Å²) in [6, 6.07) is 5.99. The van der Waals surface area contributed by atoms with Gasteiger partial charge in [0.05, 0.1) is 5.52 Å². The van der Waals surface area contributed by atoms with Crippen molar-refractivity contribution in [2.45, 2.75) is 51.6 Å². The van der Waals surface area contributed by atoms with Crippen molar-refractivity contribution in [2.24, 2.45) is 5.92 Å². The van der Waals surface area contributed by atoms with Crippen molar-refractivity contribution in [3.63, 3.8) is 0 Å². The van der Waals surface area contributed by atoms with Gasteiger partial charge in [-0.2, -0.15) is 0 Å². The van der Waals surface area contributed by atoms with Gasteiger partial charge >= 0.3 is 5.69 Å². The Morgan fingerprint density at radius 1 is 1.12 bits per heavy atom. The summed E-state index contributed by atoms with van der Waals surface area (Å²) in [5.74, 6) is 1.21. The number of carbonyl (C=O) groups is 1. The van der Waals surface area contributed by atoms with Crippen molar-refractivity contribution in [3.05, 3.63) is 46.9 Å². The number of hydrogen-bond acceptors (Lipinski definition) is 6. The second kappa shape index (κ2) is 8.37. The summed E-state index contributed by atoms with van der Waals surface area (Å²) in [5.41, 5.74) is 1.82. The average Bonchev–Trinajstić information content (AvgIpc) is 3.43. The Bertz CT molecular complexity index is 1180. The van der Waals surface area contributed by atoms with Crippen LogP contribution < -0.4 is 10.6 Å². The summed E-state index contributed by atoms with van der Waals surface area (Å²) < 4.78 is 1.83. The third-order valence-electron chi connectivity index (χ3n) is 6.85. The molecule has 168 valence electrons. The molecule has 2 aliphatic rings. The van der Waals surface area contributed by atoms with Crippen LogP contribution in [0.1, 0.15) is 56.1 Å². The van der Waals surface area contributed by atoms with Gasteiger partial charge in [0.1, 0.15) is 17.8 Å². The molecule has 0 aromatic carbocycles. The highest BCUT2D eigenvalue weighted by Gasteiger charge is 2.32. The fourth-order valence-electron chi connectivity index (χ4n) is 5.20. The zero-order valence-electron chi connectivity index (χ0n) is 18.6. The molecule has 1 unspecified atom stereocenters. The lowest BCUT2D eigenvalue weighted by molar-refractivity contribution is 0.0695. The van der Waals surface area contributed by atoms with Gasteiger partial charge in [0.15, 0.2) is 5.65 Å². The van der Waals surface area contributed by atoms with Gasteiger partial charge in [-0.3, -0.25) is 14.3 Å². The molecule has 9 nitrogen and oxygen atoms in total. The summed E-state index contributed by atoms with van der Waals surface area (Å²) in [4.78, 5) is 45.6. The summed E-state index contributed by atoms with van der Waals surface area (Å²) in [6.07, 6.45) is 6.91. The van der Waals surface area contributed by atoms with Crippen molar-refractivity contribution >= 4 is 22.9 Å². The van der Waals surface area contributed by atoms with Crippen LogP contribution in [0.15, 0.2) is 35.5 Å². The van der Waals surface area contributed by atoms with E-state index in [1.165, 1.54) is 6.33 Å². The van der Waals surface area contributed by atoms with E-state index in [1.807, 2.05) is 27.7 Å². The number of nitrogens with one attached hydrogen (secondary N) is 1. The van der Waals surface area contributed by atoms with E-state index in [-0.39, 0.29) is 23.7 Å². The number of carbonyl (C=O) groups excluding carboxylic acids is 1. The van der Waals surface area contributed by atoms with Crippen LogP contribution >= 0.6 is 0 Å². The number of aromatic amines is 1. The number of likely N-dealkylation sites (tertiary alicyclic amines) is 1. The third-order valence-corrected chi connectivity index (χ3v) is 6.85. The van der Waals surface area contributed by atoms with E-state index in [0.717, 1.165) is 56.7 Å². The number of rotatable bonds is 4. The molecule has 32 heavy (non-hydrogen) atoms. The van der Waals surface area contributed by atoms with Crippen molar-refractivity contribution in [1.82, 2.24) is 29.4 Å². The minimum absolute atomic E-state index is 0.00224. The first kappa shape index (κ1) is 20.7. The first-order valence-corrected chi connectivity index (χ1v) is 11.5. The molecule has 1 N–H and O–H groups in total. The number of hydrogen-bond donors (Lipinski definition) is 1. The number of pyridine rings is 1. The molecule has 0 bridgehead atoms. The van der Waals surface area contributed by atoms with Gasteiger partial charge in [-0.05, 0) is 43.7 Å². The van der Waals surface area contributed by atoms with Crippen molar-refractivity contribution < 1.29 is 4.79 Å². The summed E-state index contributed by atoms with van der Waals surface area (Å²) >= 11 is 0. The Labute approximate surface area is 186 Å². The minimum atomic E-state index is -0.114. The van der Waals surface area contributed by atoms with Crippen LogP contribution in [0.5, 0.6) is 0 Å². The number of H-pyrrole nitrogens is 1. The first-order chi connectivity index (χ1) is 15.5. The van der Waals surface area contributed by atoms with Gasteiger partial charge in [-0.25, -0.2) is 19.7 Å². The Balaban J connectivity index is 1.31. The Morgan fingerprint density at radius 2 is 1.94 bits per heavy atom. The quantitative estimate of drug-likeness (QED) is 0.676. The normalized spacial score (nSPS) is 19.9. The summed E-state index contributed by atoms with van der Waals surface area (Å²) in [7, 11) is 0. The molecule has 2 saturated heterocycles. The van der Waals surface area contributed by atoms with E-state index >= 15 is 0 Å². The highest BCUT2D eigenvalue weighted by Crippen LogP contribution is 2.28. The maximum atomic E-state index is 13.1. The van der Waals surface area contributed by atoms with E-state index in [1.54, 1.807) is 6.20 Å². The average molecular weight is 436 g/mol. The predicted molar refractivity (Wildman–Crippen MR) is 122 cm³/mol. The monoisotopic (exact) mass is 435 g/mol. The minimum Gasteiger partial charge on any atom is -0.356 e. The lowest BCUT2D eigenvalue weighted by Crippen LogP contribution is -2.39. The summed E-state index contributed by atoms with van der Waals surface area (Å²) in [6.45, 7) is 6.64. The molecule has 9 heteroatoms. The maximum absolute atomic E-state index is 13.1. The van der Waals surface area contributed by atoms with E-state index in [0.29, 0.717) is 17.3 Å². The lowest BCUT2D eigenvalue weighted by Gasteiger charge is -2.33. The van der Waals surface area contributed by atoms with Crippen LogP contribution in [0.4, 0.5) is 5.82 Å². The number of anilines is 1.